The van der Waals surface area contributed by atoms with Gasteiger partial charge in [0.15, 0.2) is 11.6 Å². The van der Waals surface area contributed by atoms with Gasteiger partial charge >= 0.3 is 12.1 Å². The van der Waals surface area contributed by atoms with Crippen molar-refractivity contribution in [3.63, 3.8) is 0 Å². The Bertz CT molecular complexity index is 966. The van der Waals surface area contributed by atoms with Gasteiger partial charge in [-0.1, -0.05) is 24.3 Å². The molecule has 28 heavy (non-hydrogen) atoms. The third-order valence-electron chi connectivity index (χ3n) is 4.30. The average Bonchev–Trinajstić information content (AvgIpc) is 2.65. The van der Waals surface area contributed by atoms with Gasteiger partial charge in [0.1, 0.15) is 0 Å². The second kappa shape index (κ2) is 7.46. The van der Waals surface area contributed by atoms with E-state index in [1.165, 1.54) is 24.3 Å². The molecule has 0 radical (unpaired) electrons. The number of ketones is 2. The topological polar surface area (TPSA) is 72.5 Å². The molecule has 0 amide bonds. The van der Waals surface area contributed by atoms with Gasteiger partial charge in [0.25, 0.3) is 0 Å². The van der Waals surface area contributed by atoms with E-state index >= 15 is 0 Å². The Morgan fingerprint density at radius 2 is 1.64 bits per heavy atom. The second-order valence-electron chi connectivity index (χ2n) is 6.13. The zero-order valence-corrected chi connectivity index (χ0v) is 14.9. The van der Waals surface area contributed by atoms with Crippen molar-refractivity contribution in [1.29, 1.82) is 0 Å². The van der Waals surface area contributed by atoms with Crippen molar-refractivity contribution in [2.45, 2.75) is 19.5 Å². The van der Waals surface area contributed by atoms with E-state index < -0.39 is 36.7 Å². The number of halogens is 3. The van der Waals surface area contributed by atoms with Crippen LogP contribution in [-0.4, -0.2) is 36.9 Å². The third kappa shape index (κ3) is 3.62. The Kier molecular flexibility index (Phi) is 5.22. The number of ether oxygens (including phenoxy) is 1. The first-order valence-electron chi connectivity index (χ1n) is 8.57. The zero-order valence-electron chi connectivity index (χ0n) is 14.9. The van der Waals surface area contributed by atoms with Gasteiger partial charge in [0.05, 0.1) is 29.8 Å². The molecule has 146 valence electrons. The summed E-state index contributed by atoms with van der Waals surface area (Å²) in [6.45, 7) is 1.07. The largest absolute Gasteiger partial charge is 0.462 e. The Morgan fingerprint density at radius 1 is 1.00 bits per heavy atom. The van der Waals surface area contributed by atoms with Crippen LogP contribution in [0.2, 0.25) is 0 Å². The maximum atomic E-state index is 13.0. The fourth-order valence-corrected chi connectivity index (χ4v) is 3.08. The average molecular weight is 391 g/mol. The van der Waals surface area contributed by atoms with Gasteiger partial charge in [-0.2, -0.15) is 13.2 Å². The van der Waals surface area contributed by atoms with Crippen LogP contribution in [0.3, 0.4) is 0 Å². The minimum Gasteiger partial charge on any atom is -0.462 e. The van der Waals surface area contributed by atoms with Crippen molar-refractivity contribution in [3.05, 3.63) is 64.2 Å². The lowest BCUT2D eigenvalue weighted by Crippen LogP contribution is -2.25. The Labute approximate surface area is 158 Å². The molecule has 1 aliphatic rings. The molecule has 0 aromatic heterocycles. The minimum atomic E-state index is -4.42. The smallest absolute Gasteiger partial charge is 0.390 e. The molecule has 1 N–H and O–H groups in total. The van der Waals surface area contributed by atoms with E-state index in [4.69, 9.17) is 4.74 Å². The summed E-state index contributed by atoms with van der Waals surface area (Å²) in [5.41, 5.74) is 0.0593. The van der Waals surface area contributed by atoms with E-state index in [-0.39, 0.29) is 40.1 Å². The molecule has 2 aromatic rings. The molecule has 0 fully saturated rings. The summed E-state index contributed by atoms with van der Waals surface area (Å²) in [5, 5.41) is 2.53. The summed E-state index contributed by atoms with van der Waals surface area (Å²) in [6.07, 6.45) is -5.59. The molecule has 8 heteroatoms. The third-order valence-corrected chi connectivity index (χ3v) is 4.30. The Hall–Kier alpha value is -3.16. The highest BCUT2D eigenvalue weighted by Gasteiger charge is 2.34. The van der Waals surface area contributed by atoms with Gasteiger partial charge in [-0.05, 0) is 19.1 Å². The van der Waals surface area contributed by atoms with Gasteiger partial charge in [-0.3, -0.25) is 9.59 Å². The highest BCUT2D eigenvalue weighted by molar-refractivity contribution is 6.31. The fourth-order valence-electron chi connectivity index (χ4n) is 3.08. The number of anilines is 1. The van der Waals surface area contributed by atoms with E-state index in [0.29, 0.717) is 0 Å². The predicted molar refractivity (Wildman–Crippen MR) is 94.9 cm³/mol. The molecular weight excluding hydrogens is 375 g/mol. The monoisotopic (exact) mass is 391 g/mol. The summed E-state index contributed by atoms with van der Waals surface area (Å²) >= 11 is 0. The highest BCUT2D eigenvalue weighted by atomic mass is 19.4. The van der Waals surface area contributed by atoms with Crippen LogP contribution in [0.15, 0.2) is 36.4 Å². The van der Waals surface area contributed by atoms with E-state index in [2.05, 4.69) is 5.32 Å². The van der Waals surface area contributed by atoms with Crippen molar-refractivity contribution in [1.82, 2.24) is 0 Å². The van der Waals surface area contributed by atoms with Crippen LogP contribution in [-0.2, 0) is 4.74 Å². The summed E-state index contributed by atoms with van der Waals surface area (Å²) in [5.74, 6) is -1.76. The lowest BCUT2D eigenvalue weighted by Gasteiger charge is -2.23. The summed E-state index contributed by atoms with van der Waals surface area (Å²) < 4.78 is 42.6. The Balaban J connectivity index is 2.12. The van der Waals surface area contributed by atoms with Crippen LogP contribution in [0.25, 0.3) is 0 Å². The number of fused-ring (bicyclic) bond motifs is 2. The van der Waals surface area contributed by atoms with Crippen LogP contribution in [0.5, 0.6) is 0 Å². The van der Waals surface area contributed by atoms with Crippen LogP contribution in [0.1, 0.15) is 55.5 Å². The first-order chi connectivity index (χ1) is 13.2. The second-order valence-corrected chi connectivity index (χ2v) is 6.13. The molecule has 0 bridgehead atoms. The zero-order chi connectivity index (χ0) is 20.5. The SMILES string of the molecule is CCOC(=O)c1ccc2c(c1NCCC(F)(F)F)C(=O)c1ccccc1C2=O. The molecule has 0 unspecified atom stereocenters. The maximum absolute atomic E-state index is 13.0. The molecule has 0 aliphatic heterocycles. The lowest BCUT2D eigenvalue weighted by molar-refractivity contribution is -0.131. The molecule has 0 heterocycles. The molecule has 0 spiro atoms. The number of carbonyl (C=O) groups is 3. The number of carbonyl (C=O) groups excluding carboxylic acids is 3. The first-order valence-corrected chi connectivity index (χ1v) is 8.57. The van der Waals surface area contributed by atoms with Gasteiger partial charge in [0.2, 0.25) is 0 Å². The summed E-state index contributed by atoms with van der Waals surface area (Å²) in [4.78, 5) is 38.0. The van der Waals surface area contributed by atoms with E-state index in [0.717, 1.165) is 0 Å². The van der Waals surface area contributed by atoms with Crippen LogP contribution in [0.4, 0.5) is 18.9 Å². The number of esters is 1. The molecule has 0 saturated heterocycles. The van der Waals surface area contributed by atoms with Gasteiger partial charge in [-0.25, -0.2) is 4.79 Å². The molecule has 1 aliphatic carbocycles. The van der Waals surface area contributed by atoms with Gasteiger partial charge in [-0.15, -0.1) is 0 Å². The highest BCUT2D eigenvalue weighted by Crippen LogP contribution is 2.35. The van der Waals surface area contributed by atoms with Crippen molar-refractivity contribution in [2.24, 2.45) is 0 Å². The number of benzene rings is 2. The van der Waals surface area contributed by atoms with Crippen molar-refractivity contribution in [2.75, 3.05) is 18.5 Å². The number of alkyl halides is 3. The molecular formula is C20H16F3NO4. The lowest BCUT2D eigenvalue weighted by atomic mass is 9.82. The first kappa shape index (κ1) is 19.6. The normalized spacial score (nSPS) is 13.0. The minimum absolute atomic E-state index is 0.0336. The quantitative estimate of drug-likeness (QED) is 0.666. The number of rotatable bonds is 5. The summed E-state index contributed by atoms with van der Waals surface area (Å²) in [6, 6.07) is 8.79. The van der Waals surface area contributed by atoms with E-state index in [1.807, 2.05) is 0 Å². The standard InChI is InChI=1S/C20H16F3NO4/c1-2-28-19(27)14-8-7-13-15(16(14)24-10-9-20(21,22)23)18(26)12-6-4-3-5-11(12)17(13)25/h3-8,24H,2,9-10H2,1H3. The fraction of sp³-hybridized carbons (Fsp3) is 0.250. The van der Waals surface area contributed by atoms with Crippen molar-refractivity contribution >= 4 is 23.2 Å². The molecule has 0 saturated carbocycles. The molecule has 0 atom stereocenters. The molecule has 5 nitrogen and oxygen atoms in total. The van der Waals surface area contributed by atoms with E-state index in [1.54, 1.807) is 19.1 Å². The van der Waals surface area contributed by atoms with Crippen LogP contribution >= 0.6 is 0 Å². The van der Waals surface area contributed by atoms with Crippen LogP contribution in [0, 0.1) is 0 Å². The number of nitrogens with one attached hydrogen (secondary N) is 1. The molecule has 2 aromatic carbocycles. The predicted octanol–water partition coefficient (Wildman–Crippen LogP) is 4.00. The van der Waals surface area contributed by atoms with Crippen molar-refractivity contribution < 1.29 is 32.3 Å². The van der Waals surface area contributed by atoms with Crippen molar-refractivity contribution in [3.8, 4) is 0 Å². The summed E-state index contributed by atoms with van der Waals surface area (Å²) in [7, 11) is 0. The van der Waals surface area contributed by atoms with E-state index in [9.17, 15) is 27.6 Å². The number of hydrogen-bond donors (Lipinski definition) is 1. The molecule has 3 rings (SSSR count). The van der Waals surface area contributed by atoms with Gasteiger partial charge in [0, 0.05) is 23.2 Å². The maximum Gasteiger partial charge on any atom is 0.390 e. The number of hydrogen-bond acceptors (Lipinski definition) is 5. The Morgan fingerprint density at radius 3 is 2.25 bits per heavy atom. The van der Waals surface area contributed by atoms with Crippen LogP contribution < -0.4 is 5.32 Å². The van der Waals surface area contributed by atoms with Gasteiger partial charge < -0.3 is 10.1 Å².